The number of aryl methyl sites for hydroxylation is 1. The standard InChI is InChI=1S/C24H30N2O4/c1-17(2)25-24(28)18(3)26(14-13-19-7-5-4-6-8-19)23(27)12-10-20-9-11-21-22(15-20)30-16-29-21/h4-9,11,15,17-18H,10,12-14,16H2,1-3H3,(H,25,28)/t18-/m1/s1. The molecular weight excluding hydrogens is 380 g/mol. The van der Waals surface area contributed by atoms with Crippen LogP contribution in [-0.2, 0) is 22.4 Å². The molecule has 6 heteroatoms. The van der Waals surface area contributed by atoms with E-state index >= 15 is 0 Å². The van der Waals surface area contributed by atoms with Crippen LogP contribution >= 0.6 is 0 Å². The molecule has 0 bridgehead atoms. The monoisotopic (exact) mass is 410 g/mol. The summed E-state index contributed by atoms with van der Waals surface area (Å²) >= 11 is 0. The van der Waals surface area contributed by atoms with E-state index in [9.17, 15) is 9.59 Å². The van der Waals surface area contributed by atoms with Crippen LogP contribution in [0.25, 0.3) is 0 Å². The Morgan fingerprint density at radius 2 is 1.70 bits per heavy atom. The summed E-state index contributed by atoms with van der Waals surface area (Å²) < 4.78 is 10.8. The van der Waals surface area contributed by atoms with Gasteiger partial charge in [0.2, 0.25) is 18.6 Å². The second-order valence-electron chi connectivity index (χ2n) is 7.85. The molecule has 0 radical (unpaired) electrons. The Kier molecular flexibility index (Phi) is 7.33. The predicted octanol–water partition coefficient (Wildman–Crippen LogP) is 3.33. The number of ether oxygens (including phenoxy) is 2. The summed E-state index contributed by atoms with van der Waals surface area (Å²) in [5.74, 6) is 1.28. The van der Waals surface area contributed by atoms with Gasteiger partial charge in [-0.1, -0.05) is 36.4 Å². The molecule has 0 fully saturated rings. The third-order valence-corrected chi connectivity index (χ3v) is 5.15. The van der Waals surface area contributed by atoms with Crippen LogP contribution < -0.4 is 14.8 Å². The minimum Gasteiger partial charge on any atom is -0.454 e. The average Bonchev–Trinajstić information content (AvgIpc) is 3.20. The van der Waals surface area contributed by atoms with Crippen LogP contribution in [0.15, 0.2) is 48.5 Å². The average molecular weight is 411 g/mol. The van der Waals surface area contributed by atoms with E-state index in [4.69, 9.17) is 9.47 Å². The lowest BCUT2D eigenvalue weighted by molar-refractivity contribution is -0.140. The SMILES string of the molecule is CC(C)NC(=O)[C@@H](C)N(CCc1ccccc1)C(=O)CCc1ccc2c(c1)OCO2. The molecule has 0 saturated heterocycles. The van der Waals surface area contributed by atoms with Crippen molar-refractivity contribution in [3.05, 3.63) is 59.7 Å². The minimum atomic E-state index is -0.527. The molecule has 2 amide bonds. The van der Waals surface area contributed by atoms with E-state index in [0.29, 0.717) is 31.6 Å². The fraction of sp³-hybridized carbons (Fsp3) is 0.417. The molecule has 1 atom stereocenters. The van der Waals surface area contributed by atoms with Gasteiger partial charge in [-0.25, -0.2) is 0 Å². The molecule has 2 aromatic carbocycles. The highest BCUT2D eigenvalue weighted by atomic mass is 16.7. The van der Waals surface area contributed by atoms with E-state index in [-0.39, 0.29) is 24.6 Å². The third-order valence-electron chi connectivity index (χ3n) is 5.15. The number of carbonyl (C=O) groups is 2. The Morgan fingerprint density at radius 1 is 0.967 bits per heavy atom. The molecule has 1 aliphatic rings. The van der Waals surface area contributed by atoms with Gasteiger partial charge in [-0.15, -0.1) is 0 Å². The Bertz CT molecular complexity index is 867. The van der Waals surface area contributed by atoms with E-state index in [2.05, 4.69) is 5.32 Å². The molecule has 1 N–H and O–H groups in total. The van der Waals surface area contributed by atoms with E-state index in [0.717, 1.165) is 16.9 Å². The summed E-state index contributed by atoms with van der Waals surface area (Å²) in [4.78, 5) is 27.4. The van der Waals surface area contributed by atoms with Gasteiger partial charge in [0.15, 0.2) is 11.5 Å². The number of nitrogens with one attached hydrogen (secondary N) is 1. The number of benzene rings is 2. The van der Waals surface area contributed by atoms with Crippen LogP contribution in [0.3, 0.4) is 0 Å². The maximum absolute atomic E-state index is 13.1. The molecule has 0 aliphatic carbocycles. The van der Waals surface area contributed by atoms with Crippen molar-refractivity contribution in [2.24, 2.45) is 0 Å². The van der Waals surface area contributed by atoms with E-state index in [1.165, 1.54) is 0 Å². The summed E-state index contributed by atoms with van der Waals surface area (Å²) in [6, 6.07) is 15.2. The summed E-state index contributed by atoms with van der Waals surface area (Å²) in [6.07, 6.45) is 1.61. The Hall–Kier alpha value is -3.02. The predicted molar refractivity (Wildman–Crippen MR) is 115 cm³/mol. The van der Waals surface area contributed by atoms with Gasteiger partial charge in [0.1, 0.15) is 6.04 Å². The summed E-state index contributed by atoms with van der Waals surface area (Å²) in [5.41, 5.74) is 2.15. The van der Waals surface area contributed by atoms with E-state index in [1.54, 1.807) is 11.8 Å². The molecule has 30 heavy (non-hydrogen) atoms. The van der Waals surface area contributed by atoms with Gasteiger partial charge in [-0.05, 0) is 56.9 Å². The quantitative estimate of drug-likeness (QED) is 0.689. The molecule has 3 rings (SSSR count). The lowest BCUT2D eigenvalue weighted by atomic mass is 10.1. The van der Waals surface area contributed by atoms with E-state index < -0.39 is 6.04 Å². The zero-order valence-corrected chi connectivity index (χ0v) is 17.9. The van der Waals surface area contributed by atoms with Crippen molar-refractivity contribution in [1.29, 1.82) is 0 Å². The number of carbonyl (C=O) groups excluding carboxylic acids is 2. The lowest BCUT2D eigenvalue weighted by Gasteiger charge is -2.29. The molecule has 0 unspecified atom stereocenters. The zero-order chi connectivity index (χ0) is 21.5. The number of hydrogen-bond donors (Lipinski definition) is 1. The van der Waals surface area contributed by atoms with Gasteiger partial charge < -0.3 is 19.7 Å². The van der Waals surface area contributed by atoms with Crippen LogP contribution in [0.4, 0.5) is 0 Å². The summed E-state index contributed by atoms with van der Waals surface area (Å²) in [5, 5.41) is 2.91. The van der Waals surface area contributed by atoms with Crippen LogP contribution in [0.1, 0.15) is 38.3 Å². The number of nitrogens with zero attached hydrogens (tertiary/aromatic N) is 1. The van der Waals surface area contributed by atoms with Gasteiger partial charge in [-0.3, -0.25) is 9.59 Å². The summed E-state index contributed by atoms with van der Waals surface area (Å²) in [7, 11) is 0. The van der Waals surface area contributed by atoms with Crippen molar-refractivity contribution in [2.75, 3.05) is 13.3 Å². The van der Waals surface area contributed by atoms with Gasteiger partial charge in [0.05, 0.1) is 0 Å². The number of fused-ring (bicyclic) bond motifs is 1. The van der Waals surface area contributed by atoms with Crippen molar-refractivity contribution in [2.45, 2.75) is 52.1 Å². The Balaban J connectivity index is 1.65. The van der Waals surface area contributed by atoms with Crippen LogP contribution in [-0.4, -0.2) is 42.1 Å². The first-order valence-electron chi connectivity index (χ1n) is 10.5. The molecular formula is C24H30N2O4. The first kappa shape index (κ1) is 21.7. The smallest absolute Gasteiger partial charge is 0.242 e. The zero-order valence-electron chi connectivity index (χ0n) is 17.9. The molecule has 1 heterocycles. The fourth-order valence-electron chi connectivity index (χ4n) is 3.47. The lowest BCUT2D eigenvalue weighted by Crippen LogP contribution is -2.50. The van der Waals surface area contributed by atoms with Crippen LogP contribution in [0.2, 0.25) is 0 Å². The van der Waals surface area contributed by atoms with Crippen LogP contribution in [0, 0.1) is 0 Å². The van der Waals surface area contributed by atoms with Crippen LogP contribution in [0.5, 0.6) is 11.5 Å². The van der Waals surface area contributed by atoms with Crippen molar-refractivity contribution >= 4 is 11.8 Å². The molecule has 160 valence electrons. The van der Waals surface area contributed by atoms with Crippen molar-refractivity contribution in [3.8, 4) is 11.5 Å². The van der Waals surface area contributed by atoms with Gasteiger partial charge in [-0.2, -0.15) is 0 Å². The normalized spacial score (nSPS) is 13.2. The molecule has 1 aliphatic heterocycles. The highest BCUT2D eigenvalue weighted by Gasteiger charge is 2.26. The Labute approximate surface area is 178 Å². The third kappa shape index (κ3) is 5.75. The second kappa shape index (κ2) is 10.1. The highest BCUT2D eigenvalue weighted by molar-refractivity contribution is 5.87. The van der Waals surface area contributed by atoms with Gasteiger partial charge >= 0.3 is 0 Å². The minimum absolute atomic E-state index is 0.0275. The molecule has 0 aromatic heterocycles. The first-order valence-corrected chi connectivity index (χ1v) is 10.5. The molecule has 0 spiro atoms. The number of amides is 2. The highest BCUT2D eigenvalue weighted by Crippen LogP contribution is 2.32. The molecule has 6 nitrogen and oxygen atoms in total. The molecule has 0 saturated carbocycles. The number of rotatable bonds is 9. The van der Waals surface area contributed by atoms with Crippen molar-refractivity contribution in [1.82, 2.24) is 10.2 Å². The molecule has 2 aromatic rings. The van der Waals surface area contributed by atoms with Crippen molar-refractivity contribution in [3.63, 3.8) is 0 Å². The number of hydrogen-bond acceptors (Lipinski definition) is 4. The first-order chi connectivity index (χ1) is 14.4. The van der Waals surface area contributed by atoms with Gasteiger partial charge in [0, 0.05) is 19.0 Å². The topological polar surface area (TPSA) is 67.9 Å². The maximum Gasteiger partial charge on any atom is 0.242 e. The van der Waals surface area contributed by atoms with E-state index in [1.807, 2.05) is 62.4 Å². The second-order valence-corrected chi connectivity index (χ2v) is 7.85. The largest absolute Gasteiger partial charge is 0.454 e. The van der Waals surface area contributed by atoms with Gasteiger partial charge in [0.25, 0.3) is 0 Å². The summed E-state index contributed by atoms with van der Waals surface area (Å²) in [6.45, 7) is 6.35. The van der Waals surface area contributed by atoms with Crippen molar-refractivity contribution < 1.29 is 19.1 Å². The fourth-order valence-corrected chi connectivity index (χ4v) is 3.47. The Morgan fingerprint density at radius 3 is 2.43 bits per heavy atom. The maximum atomic E-state index is 13.1.